The van der Waals surface area contributed by atoms with Crippen LogP contribution >= 0.6 is 22.6 Å². The number of rotatable bonds is 8. The van der Waals surface area contributed by atoms with E-state index < -0.39 is 48.2 Å². The Morgan fingerprint density at radius 2 is 1.93 bits per heavy atom. The summed E-state index contributed by atoms with van der Waals surface area (Å²) in [6.45, 7) is 0.621. The zero-order valence-electron chi connectivity index (χ0n) is 16.0. The van der Waals surface area contributed by atoms with Gasteiger partial charge in [0, 0.05) is 22.8 Å². The summed E-state index contributed by atoms with van der Waals surface area (Å²) in [6, 6.07) is 4.94. The third-order valence-corrected chi connectivity index (χ3v) is 4.62. The number of aromatic nitrogens is 2. The first-order valence-corrected chi connectivity index (χ1v) is 9.65. The van der Waals surface area contributed by atoms with E-state index in [1.807, 2.05) is 0 Å². The maximum atomic E-state index is 12.9. The molecule has 11 nitrogen and oxygen atoms in total. The minimum atomic E-state index is -1.35. The molecule has 0 aliphatic carbocycles. The number of benzene rings is 1. The highest BCUT2D eigenvalue weighted by atomic mass is 127. The predicted molar refractivity (Wildman–Crippen MR) is 114 cm³/mol. The SMILES string of the molecule is COc1ccc(I)cc1-n1ccc(=O)n(CNC(=O)[C@H](CC(=O)O)NC(C)=O)c1=O. The lowest BCUT2D eigenvalue weighted by molar-refractivity contribution is -0.140. The van der Waals surface area contributed by atoms with Crippen molar-refractivity contribution in [1.82, 2.24) is 19.8 Å². The van der Waals surface area contributed by atoms with E-state index >= 15 is 0 Å². The number of ether oxygens (including phenoxy) is 1. The minimum absolute atomic E-state index is 0.400. The number of carboxylic acids is 1. The van der Waals surface area contributed by atoms with E-state index in [1.54, 1.807) is 18.2 Å². The van der Waals surface area contributed by atoms with Crippen LogP contribution in [0.2, 0.25) is 0 Å². The summed E-state index contributed by atoms with van der Waals surface area (Å²) in [5.74, 6) is -2.34. The first-order valence-electron chi connectivity index (χ1n) is 8.57. The molecule has 0 bridgehead atoms. The number of hydrogen-bond donors (Lipinski definition) is 3. The Hall–Kier alpha value is -3.16. The standard InChI is InChI=1S/C18H19IN4O7/c1-10(24)21-12(8-16(26)27)17(28)20-9-23-15(25)5-6-22(18(23)29)13-7-11(19)3-4-14(13)30-2/h3-7,12H,8-9H2,1-2H3,(H,20,28)(H,21,24)(H,26,27)/t12-/m0/s1. The number of amides is 2. The molecule has 0 aliphatic heterocycles. The van der Waals surface area contributed by atoms with Gasteiger partial charge in [-0.2, -0.15) is 0 Å². The van der Waals surface area contributed by atoms with E-state index in [-0.39, 0.29) is 0 Å². The van der Waals surface area contributed by atoms with Crippen LogP contribution in [0.25, 0.3) is 5.69 Å². The minimum Gasteiger partial charge on any atom is -0.495 e. The van der Waals surface area contributed by atoms with E-state index in [0.717, 1.165) is 21.1 Å². The molecule has 2 rings (SSSR count). The van der Waals surface area contributed by atoms with Gasteiger partial charge in [0.1, 0.15) is 18.5 Å². The largest absolute Gasteiger partial charge is 0.495 e. The second kappa shape index (κ2) is 10.0. The van der Waals surface area contributed by atoms with Crippen LogP contribution < -0.4 is 26.6 Å². The molecule has 0 saturated heterocycles. The van der Waals surface area contributed by atoms with Crippen LogP contribution in [0.1, 0.15) is 13.3 Å². The third kappa shape index (κ3) is 5.68. The van der Waals surface area contributed by atoms with Crippen LogP contribution in [0.5, 0.6) is 5.75 Å². The molecular weight excluding hydrogens is 511 g/mol. The van der Waals surface area contributed by atoms with Crippen molar-refractivity contribution < 1.29 is 24.2 Å². The van der Waals surface area contributed by atoms with Crippen LogP contribution in [0.3, 0.4) is 0 Å². The van der Waals surface area contributed by atoms with Gasteiger partial charge in [0.25, 0.3) is 5.56 Å². The first kappa shape index (κ1) is 23.1. The molecule has 0 aliphatic rings. The van der Waals surface area contributed by atoms with Gasteiger partial charge in [-0.25, -0.2) is 9.36 Å². The average Bonchev–Trinajstić information content (AvgIpc) is 2.66. The molecule has 1 heterocycles. The van der Waals surface area contributed by atoms with Gasteiger partial charge in [0.2, 0.25) is 11.8 Å². The number of aliphatic carboxylic acids is 1. The highest BCUT2D eigenvalue weighted by Gasteiger charge is 2.23. The summed E-state index contributed by atoms with van der Waals surface area (Å²) in [4.78, 5) is 59.4. The first-order chi connectivity index (χ1) is 14.1. The molecule has 12 heteroatoms. The summed E-state index contributed by atoms with van der Waals surface area (Å²) in [7, 11) is 1.44. The molecule has 2 aromatic rings. The molecule has 1 atom stereocenters. The van der Waals surface area contributed by atoms with E-state index in [4.69, 9.17) is 9.84 Å². The summed E-state index contributed by atoms with van der Waals surface area (Å²) >= 11 is 2.06. The second-order valence-corrected chi connectivity index (χ2v) is 7.35. The number of nitrogens with zero attached hydrogens (tertiary/aromatic N) is 2. The molecule has 30 heavy (non-hydrogen) atoms. The lowest BCUT2D eigenvalue weighted by Crippen LogP contribution is -2.50. The summed E-state index contributed by atoms with van der Waals surface area (Å²) in [5, 5.41) is 13.4. The highest BCUT2D eigenvalue weighted by Crippen LogP contribution is 2.23. The monoisotopic (exact) mass is 530 g/mol. The molecule has 160 valence electrons. The molecule has 0 fully saturated rings. The fourth-order valence-electron chi connectivity index (χ4n) is 2.61. The Bertz CT molecular complexity index is 1080. The zero-order valence-corrected chi connectivity index (χ0v) is 18.2. The Morgan fingerprint density at radius 3 is 2.53 bits per heavy atom. The smallest absolute Gasteiger partial charge is 0.337 e. The van der Waals surface area contributed by atoms with Gasteiger partial charge in [0.05, 0.1) is 19.2 Å². The number of carboxylic acid groups (broad SMARTS) is 1. The van der Waals surface area contributed by atoms with Crippen LogP contribution in [0, 0.1) is 3.57 Å². The molecule has 0 unspecified atom stereocenters. The molecule has 1 aromatic heterocycles. The zero-order chi connectivity index (χ0) is 22.4. The van der Waals surface area contributed by atoms with Crippen molar-refractivity contribution in [3.63, 3.8) is 0 Å². The molecular formula is C18H19IN4O7. The topological polar surface area (TPSA) is 149 Å². The Morgan fingerprint density at radius 1 is 1.23 bits per heavy atom. The normalized spacial score (nSPS) is 11.4. The van der Waals surface area contributed by atoms with E-state index in [2.05, 4.69) is 33.2 Å². The second-order valence-electron chi connectivity index (χ2n) is 6.10. The Kier molecular flexibility index (Phi) is 7.74. The number of nitrogens with one attached hydrogen (secondary N) is 2. The van der Waals surface area contributed by atoms with Gasteiger partial charge in [-0.05, 0) is 40.8 Å². The highest BCUT2D eigenvalue weighted by molar-refractivity contribution is 14.1. The van der Waals surface area contributed by atoms with Gasteiger partial charge < -0.3 is 20.5 Å². The fourth-order valence-corrected chi connectivity index (χ4v) is 3.08. The Balaban J connectivity index is 2.34. The lowest BCUT2D eigenvalue weighted by Gasteiger charge is -2.17. The molecule has 2 amide bonds. The van der Waals surface area contributed by atoms with Gasteiger partial charge in [-0.3, -0.25) is 23.7 Å². The number of hydrogen-bond acceptors (Lipinski definition) is 6. The summed E-state index contributed by atoms with van der Waals surface area (Å²) < 4.78 is 8.05. The molecule has 1 aromatic carbocycles. The molecule has 3 N–H and O–H groups in total. The summed E-state index contributed by atoms with van der Waals surface area (Å²) in [6.07, 6.45) is 0.639. The van der Waals surface area contributed by atoms with E-state index in [0.29, 0.717) is 11.4 Å². The number of carbonyl (C=O) groups excluding carboxylic acids is 2. The lowest BCUT2D eigenvalue weighted by atomic mass is 10.2. The Labute approximate surface area is 183 Å². The van der Waals surface area contributed by atoms with Crippen molar-refractivity contribution in [3.8, 4) is 11.4 Å². The molecule has 0 spiro atoms. The van der Waals surface area contributed by atoms with Gasteiger partial charge in [-0.15, -0.1) is 0 Å². The van der Waals surface area contributed by atoms with Crippen molar-refractivity contribution in [2.75, 3.05) is 7.11 Å². The van der Waals surface area contributed by atoms with Gasteiger partial charge in [-0.1, -0.05) is 0 Å². The maximum Gasteiger partial charge on any atom is 0.337 e. The fraction of sp³-hybridized carbons (Fsp3) is 0.278. The van der Waals surface area contributed by atoms with Crippen molar-refractivity contribution in [2.24, 2.45) is 0 Å². The molecule has 0 saturated carbocycles. The maximum absolute atomic E-state index is 12.9. The van der Waals surface area contributed by atoms with Crippen molar-refractivity contribution in [1.29, 1.82) is 0 Å². The number of carbonyl (C=O) groups is 3. The van der Waals surface area contributed by atoms with Crippen molar-refractivity contribution in [2.45, 2.75) is 26.1 Å². The average molecular weight is 530 g/mol. The van der Waals surface area contributed by atoms with Crippen LogP contribution in [-0.4, -0.2) is 45.2 Å². The van der Waals surface area contributed by atoms with Crippen molar-refractivity contribution >= 4 is 40.4 Å². The third-order valence-electron chi connectivity index (χ3n) is 3.95. The van der Waals surface area contributed by atoms with Gasteiger partial charge >= 0.3 is 11.7 Å². The van der Waals surface area contributed by atoms with Crippen LogP contribution in [-0.2, 0) is 21.1 Å². The van der Waals surface area contributed by atoms with Crippen LogP contribution in [0.15, 0.2) is 40.1 Å². The number of methoxy groups -OCH3 is 1. The van der Waals surface area contributed by atoms with E-state index in [9.17, 15) is 24.0 Å². The van der Waals surface area contributed by atoms with Crippen molar-refractivity contribution in [3.05, 3.63) is 54.9 Å². The number of halogens is 1. The van der Waals surface area contributed by atoms with Crippen LogP contribution in [0.4, 0.5) is 0 Å². The van der Waals surface area contributed by atoms with E-state index in [1.165, 1.54) is 17.9 Å². The predicted octanol–water partition coefficient (Wildman–Crippen LogP) is -0.334. The quantitative estimate of drug-likeness (QED) is 0.396. The summed E-state index contributed by atoms with van der Waals surface area (Å²) in [5.41, 5.74) is -1.01. The van der Waals surface area contributed by atoms with Gasteiger partial charge in [0.15, 0.2) is 0 Å². The molecule has 0 radical (unpaired) electrons.